The molecule has 3 N–H and O–H groups in total. The number of nitrogens with one attached hydrogen (secondary N) is 2. The molecule has 0 bridgehead atoms. The van der Waals surface area contributed by atoms with E-state index in [-0.39, 0.29) is 35.7 Å². The van der Waals surface area contributed by atoms with E-state index in [2.05, 4.69) is 10.6 Å². The molecule has 142 valence electrons. The lowest BCUT2D eigenvalue weighted by Gasteiger charge is -2.24. The Kier molecular flexibility index (Phi) is 4.60. The predicted octanol–water partition coefficient (Wildman–Crippen LogP) is 4.63. The van der Waals surface area contributed by atoms with Gasteiger partial charge in [-0.15, -0.1) is 11.3 Å². The molecule has 1 aromatic heterocycles. The number of halogens is 1. The van der Waals surface area contributed by atoms with Gasteiger partial charge in [-0.3, -0.25) is 9.59 Å². The molecule has 5 nitrogen and oxygen atoms in total. The van der Waals surface area contributed by atoms with Crippen molar-refractivity contribution in [2.75, 3.05) is 10.6 Å². The lowest BCUT2D eigenvalue weighted by molar-refractivity contribution is -0.116. The van der Waals surface area contributed by atoms with E-state index in [1.807, 2.05) is 13.0 Å². The first-order chi connectivity index (χ1) is 13.4. The van der Waals surface area contributed by atoms with Gasteiger partial charge in [-0.25, -0.2) is 4.39 Å². The first-order valence-electron chi connectivity index (χ1n) is 8.71. The third-order valence-electron chi connectivity index (χ3n) is 4.77. The summed E-state index contributed by atoms with van der Waals surface area (Å²) in [5.41, 5.74) is 2.99. The van der Waals surface area contributed by atoms with Crippen LogP contribution in [0.4, 0.5) is 15.1 Å². The molecular weight excluding hydrogens is 379 g/mol. The van der Waals surface area contributed by atoms with Gasteiger partial charge >= 0.3 is 0 Å². The second-order valence-corrected chi connectivity index (χ2v) is 7.68. The lowest BCUT2D eigenvalue weighted by atomic mass is 9.85. The van der Waals surface area contributed by atoms with Crippen LogP contribution in [-0.4, -0.2) is 16.9 Å². The summed E-state index contributed by atoms with van der Waals surface area (Å²) in [6.07, 6.45) is 0.243. The predicted molar refractivity (Wildman–Crippen MR) is 107 cm³/mol. The molecule has 28 heavy (non-hydrogen) atoms. The topological polar surface area (TPSA) is 78.4 Å². The Balaban J connectivity index is 1.70. The van der Waals surface area contributed by atoms with Gasteiger partial charge < -0.3 is 15.7 Å². The van der Waals surface area contributed by atoms with Crippen LogP contribution in [0.15, 0.2) is 48.5 Å². The Morgan fingerprint density at radius 2 is 2.00 bits per heavy atom. The number of amides is 2. The molecule has 1 aliphatic heterocycles. The summed E-state index contributed by atoms with van der Waals surface area (Å²) in [5.74, 6) is -0.927. The molecule has 1 atom stereocenters. The molecule has 0 aliphatic carbocycles. The van der Waals surface area contributed by atoms with E-state index in [9.17, 15) is 19.1 Å². The summed E-state index contributed by atoms with van der Waals surface area (Å²) in [6, 6.07) is 12.4. The zero-order valence-electron chi connectivity index (χ0n) is 15.0. The van der Waals surface area contributed by atoms with Crippen molar-refractivity contribution in [3.63, 3.8) is 0 Å². The molecule has 0 unspecified atom stereocenters. The Labute approximate surface area is 164 Å². The minimum atomic E-state index is -0.377. The summed E-state index contributed by atoms with van der Waals surface area (Å²) in [7, 11) is 0. The van der Waals surface area contributed by atoms with E-state index >= 15 is 0 Å². The first kappa shape index (κ1) is 18.2. The van der Waals surface area contributed by atoms with E-state index < -0.39 is 0 Å². The van der Waals surface area contributed by atoms with Crippen molar-refractivity contribution >= 4 is 33.8 Å². The fraction of sp³-hybridized carbons (Fsp3) is 0.143. The molecule has 2 amide bonds. The lowest BCUT2D eigenvalue weighted by Crippen LogP contribution is -2.22. The largest absolute Gasteiger partial charge is 0.508 e. The summed E-state index contributed by atoms with van der Waals surface area (Å²) in [6.45, 7) is 1.85. The number of phenolic OH excluding ortho intramolecular Hbond substituents is 1. The third kappa shape index (κ3) is 3.36. The molecule has 2 aromatic carbocycles. The van der Waals surface area contributed by atoms with Gasteiger partial charge in [0.25, 0.3) is 5.91 Å². The van der Waals surface area contributed by atoms with Gasteiger partial charge in [0.15, 0.2) is 0 Å². The molecule has 0 radical (unpaired) electrons. The highest BCUT2D eigenvalue weighted by Gasteiger charge is 2.33. The van der Waals surface area contributed by atoms with Gasteiger partial charge in [0.1, 0.15) is 11.6 Å². The number of phenols is 1. The van der Waals surface area contributed by atoms with E-state index in [1.54, 1.807) is 18.2 Å². The number of carbonyl (C=O) groups excluding carboxylic acids is 2. The van der Waals surface area contributed by atoms with Crippen molar-refractivity contribution in [2.24, 2.45) is 0 Å². The minimum absolute atomic E-state index is 0.132. The van der Waals surface area contributed by atoms with Crippen LogP contribution in [0.2, 0.25) is 0 Å². The number of thiophene rings is 1. The Morgan fingerprint density at radius 3 is 2.71 bits per heavy atom. The van der Waals surface area contributed by atoms with Crippen LogP contribution < -0.4 is 10.6 Å². The van der Waals surface area contributed by atoms with E-state index in [0.29, 0.717) is 15.6 Å². The standard InChI is InChI=1S/C21H17FN2O3S/c1-11-18-16(12-3-2-4-15(25)9-12)10-17(26)24-21(18)28-19(11)20(27)23-14-7-5-13(22)6-8-14/h2-9,16,25H,10H2,1H3,(H,23,27)(H,24,26)/t16-/m1/s1. The fourth-order valence-electron chi connectivity index (χ4n) is 3.47. The first-order valence-corrected chi connectivity index (χ1v) is 9.53. The zero-order valence-corrected chi connectivity index (χ0v) is 15.8. The van der Waals surface area contributed by atoms with Gasteiger partial charge in [-0.1, -0.05) is 12.1 Å². The Hall–Kier alpha value is -3.19. The van der Waals surface area contributed by atoms with Crippen molar-refractivity contribution in [3.05, 3.63) is 75.9 Å². The second kappa shape index (κ2) is 7.09. The fourth-order valence-corrected chi connectivity index (χ4v) is 4.65. The van der Waals surface area contributed by atoms with Gasteiger partial charge in [0, 0.05) is 18.0 Å². The minimum Gasteiger partial charge on any atom is -0.508 e. The highest BCUT2D eigenvalue weighted by molar-refractivity contribution is 7.18. The monoisotopic (exact) mass is 396 g/mol. The van der Waals surface area contributed by atoms with Crippen LogP contribution in [-0.2, 0) is 4.79 Å². The average molecular weight is 396 g/mol. The smallest absolute Gasteiger partial charge is 0.266 e. The zero-order chi connectivity index (χ0) is 19.8. The Morgan fingerprint density at radius 1 is 1.25 bits per heavy atom. The van der Waals surface area contributed by atoms with Crippen molar-refractivity contribution < 1.29 is 19.1 Å². The normalized spacial score (nSPS) is 15.6. The maximum atomic E-state index is 13.1. The van der Waals surface area contributed by atoms with Gasteiger partial charge in [-0.05, 0) is 60.0 Å². The van der Waals surface area contributed by atoms with Crippen LogP contribution in [0.25, 0.3) is 0 Å². The maximum Gasteiger partial charge on any atom is 0.266 e. The Bertz CT molecular complexity index is 1080. The number of rotatable bonds is 3. The third-order valence-corrected chi connectivity index (χ3v) is 5.99. The van der Waals surface area contributed by atoms with E-state index in [0.717, 1.165) is 16.7 Å². The summed E-state index contributed by atoms with van der Waals surface area (Å²) in [4.78, 5) is 25.5. The SMILES string of the molecule is Cc1c(C(=O)Nc2ccc(F)cc2)sc2c1[C@@H](c1cccc(O)c1)CC(=O)N2. The molecule has 0 fully saturated rings. The molecule has 0 saturated carbocycles. The van der Waals surface area contributed by atoms with Gasteiger partial charge in [0.05, 0.1) is 9.88 Å². The molecule has 7 heteroatoms. The molecule has 0 saturated heterocycles. The number of hydrogen-bond donors (Lipinski definition) is 3. The van der Waals surface area contributed by atoms with Gasteiger partial charge in [-0.2, -0.15) is 0 Å². The van der Waals surface area contributed by atoms with Crippen LogP contribution in [0.5, 0.6) is 5.75 Å². The molecule has 4 rings (SSSR count). The van der Waals surface area contributed by atoms with Crippen molar-refractivity contribution in [3.8, 4) is 5.75 Å². The highest BCUT2D eigenvalue weighted by atomic mass is 32.1. The van der Waals surface area contributed by atoms with Gasteiger partial charge in [0.2, 0.25) is 5.91 Å². The molecule has 3 aromatic rings. The summed E-state index contributed by atoms with van der Waals surface area (Å²) in [5, 5.41) is 16.1. The van der Waals surface area contributed by atoms with Crippen molar-refractivity contribution in [1.82, 2.24) is 0 Å². The van der Waals surface area contributed by atoms with Crippen molar-refractivity contribution in [1.29, 1.82) is 0 Å². The average Bonchev–Trinajstić information content (AvgIpc) is 2.99. The van der Waals surface area contributed by atoms with Crippen molar-refractivity contribution in [2.45, 2.75) is 19.3 Å². The summed E-state index contributed by atoms with van der Waals surface area (Å²) < 4.78 is 13.1. The van der Waals surface area contributed by atoms with Crippen LogP contribution in [0, 0.1) is 12.7 Å². The molecule has 1 aliphatic rings. The second-order valence-electron chi connectivity index (χ2n) is 6.66. The number of hydrogen-bond acceptors (Lipinski definition) is 4. The number of anilines is 2. The molecule has 0 spiro atoms. The van der Waals surface area contributed by atoms with E-state index in [4.69, 9.17) is 0 Å². The number of carbonyl (C=O) groups is 2. The molecule has 2 heterocycles. The maximum absolute atomic E-state index is 13.1. The number of aromatic hydroxyl groups is 1. The quantitative estimate of drug-likeness (QED) is 0.604. The number of fused-ring (bicyclic) bond motifs is 1. The molecular formula is C21H17FN2O3S. The van der Waals surface area contributed by atoms with E-state index in [1.165, 1.54) is 35.6 Å². The van der Waals surface area contributed by atoms with Crippen LogP contribution in [0.3, 0.4) is 0 Å². The number of benzene rings is 2. The van der Waals surface area contributed by atoms with Crippen LogP contribution >= 0.6 is 11.3 Å². The highest BCUT2D eigenvalue weighted by Crippen LogP contribution is 2.45. The van der Waals surface area contributed by atoms with Crippen LogP contribution in [0.1, 0.15) is 38.7 Å². The summed E-state index contributed by atoms with van der Waals surface area (Å²) >= 11 is 1.22.